The van der Waals surface area contributed by atoms with Crippen LogP contribution in [0.25, 0.3) is 10.9 Å². The van der Waals surface area contributed by atoms with Crippen LogP contribution in [0, 0.1) is 0 Å². The van der Waals surface area contributed by atoms with Gasteiger partial charge in [-0.2, -0.15) is 0 Å². The van der Waals surface area contributed by atoms with Gasteiger partial charge in [0.2, 0.25) is 0 Å². The summed E-state index contributed by atoms with van der Waals surface area (Å²) in [5.41, 5.74) is 4.04. The first kappa shape index (κ1) is 15.4. The lowest BCUT2D eigenvalue weighted by Crippen LogP contribution is -2.41. The maximum atomic E-state index is 3.76. The van der Waals surface area contributed by atoms with E-state index in [1.807, 2.05) is 6.20 Å². The molecule has 1 fully saturated rings. The lowest BCUT2D eigenvalue weighted by molar-refractivity contribution is 0.190. The van der Waals surface area contributed by atoms with Gasteiger partial charge >= 0.3 is 0 Å². The van der Waals surface area contributed by atoms with E-state index in [4.69, 9.17) is 0 Å². The van der Waals surface area contributed by atoms with Crippen LogP contribution in [0.2, 0.25) is 0 Å². The molecule has 0 amide bonds. The molecule has 3 nitrogen and oxygen atoms in total. The average Bonchev–Trinajstić information content (AvgIpc) is 3.11. The number of hydrogen-bond donors (Lipinski definition) is 2. The summed E-state index contributed by atoms with van der Waals surface area (Å²) in [6, 6.07) is 20.1. The van der Waals surface area contributed by atoms with Gasteiger partial charge in [-0.05, 0) is 49.2 Å². The summed E-state index contributed by atoms with van der Waals surface area (Å²) in [4.78, 5) is 5.86. The standard InChI is InChI=1S/C21H25N3/c1-2-5-17(6-3-1)16-24-13-10-19(11-14-24)23-15-18-7-4-8-21-20(18)9-12-22-21/h1-9,12,19,22-23H,10-11,13-16H2. The fraction of sp³-hybridized carbons (Fsp3) is 0.333. The second-order valence-corrected chi connectivity index (χ2v) is 6.77. The van der Waals surface area contributed by atoms with Crippen molar-refractivity contribution in [3.8, 4) is 0 Å². The molecule has 0 atom stereocenters. The summed E-state index contributed by atoms with van der Waals surface area (Å²) < 4.78 is 0. The molecular weight excluding hydrogens is 294 g/mol. The molecule has 2 heterocycles. The first-order chi connectivity index (χ1) is 11.9. The number of rotatable bonds is 5. The third-order valence-corrected chi connectivity index (χ3v) is 5.10. The molecule has 4 rings (SSSR count). The Morgan fingerprint density at radius 3 is 2.62 bits per heavy atom. The third-order valence-electron chi connectivity index (χ3n) is 5.10. The molecule has 2 aromatic carbocycles. The Balaban J connectivity index is 1.28. The van der Waals surface area contributed by atoms with Gasteiger partial charge in [0.05, 0.1) is 0 Å². The van der Waals surface area contributed by atoms with Crippen molar-refractivity contribution in [3.63, 3.8) is 0 Å². The quantitative estimate of drug-likeness (QED) is 0.747. The highest BCUT2D eigenvalue weighted by Gasteiger charge is 2.18. The Labute approximate surface area is 143 Å². The van der Waals surface area contributed by atoms with E-state index in [0.717, 1.165) is 13.1 Å². The molecule has 0 radical (unpaired) electrons. The molecule has 1 aromatic heterocycles. The van der Waals surface area contributed by atoms with E-state index >= 15 is 0 Å². The Kier molecular flexibility index (Phi) is 4.63. The predicted octanol–water partition coefficient (Wildman–Crippen LogP) is 3.92. The number of nitrogens with one attached hydrogen (secondary N) is 2. The number of hydrogen-bond acceptors (Lipinski definition) is 2. The first-order valence-electron chi connectivity index (χ1n) is 8.93. The van der Waals surface area contributed by atoms with Crippen molar-refractivity contribution >= 4 is 10.9 Å². The highest BCUT2D eigenvalue weighted by atomic mass is 15.1. The largest absolute Gasteiger partial charge is 0.361 e. The average molecular weight is 319 g/mol. The fourth-order valence-electron chi connectivity index (χ4n) is 3.70. The highest BCUT2D eigenvalue weighted by Crippen LogP contribution is 2.19. The van der Waals surface area contributed by atoms with Crippen LogP contribution in [-0.2, 0) is 13.1 Å². The van der Waals surface area contributed by atoms with Gasteiger partial charge < -0.3 is 10.3 Å². The van der Waals surface area contributed by atoms with E-state index in [1.54, 1.807) is 0 Å². The number of aromatic amines is 1. The molecule has 0 aliphatic carbocycles. The minimum atomic E-state index is 0.631. The van der Waals surface area contributed by atoms with Crippen molar-refractivity contribution in [2.24, 2.45) is 0 Å². The van der Waals surface area contributed by atoms with Crippen LogP contribution in [-0.4, -0.2) is 29.0 Å². The van der Waals surface area contributed by atoms with Crippen molar-refractivity contribution < 1.29 is 0 Å². The van der Waals surface area contributed by atoms with E-state index in [9.17, 15) is 0 Å². The molecule has 0 saturated carbocycles. The summed E-state index contributed by atoms with van der Waals surface area (Å²) in [5.74, 6) is 0. The van der Waals surface area contributed by atoms with E-state index < -0.39 is 0 Å². The van der Waals surface area contributed by atoms with Crippen LogP contribution in [0.3, 0.4) is 0 Å². The van der Waals surface area contributed by atoms with Gasteiger partial charge in [0.15, 0.2) is 0 Å². The maximum Gasteiger partial charge on any atom is 0.0457 e. The number of likely N-dealkylation sites (tertiary alicyclic amines) is 1. The second-order valence-electron chi connectivity index (χ2n) is 6.77. The molecule has 3 aromatic rings. The Morgan fingerprint density at radius 2 is 1.79 bits per heavy atom. The minimum absolute atomic E-state index is 0.631. The fourth-order valence-corrected chi connectivity index (χ4v) is 3.70. The number of nitrogens with zero attached hydrogens (tertiary/aromatic N) is 1. The lowest BCUT2D eigenvalue weighted by Gasteiger charge is -2.32. The monoisotopic (exact) mass is 319 g/mol. The zero-order valence-corrected chi connectivity index (χ0v) is 14.0. The normalized spacial score (nSPS) is 16.7. The number of benzene rings is 2. The van der Waals surface area contributed by atoms with Gasteiger partial charge in [-0.25, -0.2) is 0 Å². The van der Waals surface area contributed by atoms with Crippen molar-refractivity contribution in [3.05, 3.63) is 71.9 Å². The smallest absolute Gasteiger partial charge is 0.0457 e. The Hall–Kier alpha value is -2.10. The Morgan fingerprint density at radius 1 is 0.958 bits per heavy atom. The zero-order valence-electron chi connectivity index (χ0n) is 14.0. The van der Waals surface area contributed by atoms with Crippen LogP contribution in [0.15, 0.2) is 60.8 Å². The summed E-state index contributed by atoms with van der Waals surface area (Å²) in [6.07, 6.45) is 4.49. The van der Waals surface area contributed by atoms with Gasteiger partial charge in [0.25, 0.3) is 0 Å². The van der Waals surface area contributed by atoms with E-state index in [1.165, 1.54) is 48.0 Å². The molecule has 2 N–H and O–H groups in total. The molecule has 1 saturated heterocycles. The predicted molar refractivity (Wildman–Crippen MR) is 99.9 cm³/mol. The van der Waals surface area contributed by atoms with Crippen molar-refractivity contribution in [2.75, 3.05) is 13.1 Å². The zero-order chi connectivity index (χ0) is 16.2. The Bertz CT molecular complexity index is 770. The molecular formula is C21H25N3. The van der Waals surface area contributed by atoms with Crippen molar-refractivity contribution in [1.29, 1.82) is 0 Å². The van der Waals surface area contributed by atoms with Gasteiger partial charge in [-0.3, -0.25) is 4.90 Å². The molecule has 1 aliphatic rings. The van der Waals surface area contributed by atoms with E-state index in [2.05, 4.69) is 69.8 Å². The summed E-state index contributed by atoms with van der Waals surface area (Å²) >= 11 is 0. The SMILES string of the molecule is c1ccc(CN2CCC(NCc3cccc4[nH]ccc34)CC2)cc1. The number of aromatic nitrogens is 1. The van der Waals surface area contributed by atoms with Crippen molar-refractivity contribution in [2.45, 2.75) is 32.0 Å². The van der Waals surface area contributed by atoms with Crippen LogP contribution in [0.5, 0.6) is 0 Å². The topological polar surface area (TPSA) is 31.1 Å². The number of H-pyrrole nitrogens is 1. The number of piperidine rings is 1. The van der Waals surface area contributed by atoms with E-state index in [0.29, 0.717) is 6.04 Å². The minimum Gasteiger partial charge on any atom is -0.361 e. The lowest BCUT2D eigenvalue weighted by atomic mass is 10.0. The van der Waals surface area contributed by atoms with Gasteiger partial charge in [0, 0.05) is 36.2 Å². The third kappa shape index (κ3) is 3.53. The van der Waals surface area contributed by atoms with Crippen molar-refractivity contribution in [1.82, 2.24) is 15.2 Å². The van der Waals surface area contributed by atoms with Gasteiger partial charge in [0.1, 0.15) is 0 Å². The van der Waals surface area contributed by atoms with Crippen LogP contribution < -0.4 is 5.32 Å². The molecule has 0 unspecified atom stereocenters. The van der Waals surface area contributed by atoms with Crippen LogP contribution in [0.4, 0.5) is 0 Å². The molecule has 0 bridgehead atoms. The van der Waals surface area contributed by atoms with Crippen LogP contribution >= 0.6 is 0 Å². The molecule has 3 heteroatoms. The van der Waals surface area contributed by atoms with Gasteiger partial charge in [-0.15, -0.1) is 0 Å². The van der Waals surface area contributed by atoms with Crippen LogP contribution in [0.1, 0.15) is 24.0 Å². The summed E-state index contributed by atoms with van der Waals surface area (Å²) in [6.45, 7) is 4.40. The molecule has 1 aliphatic heterocycles. The van der Waals surface area contributed by atoms with Gasteiger partial charge in [-0.1, -0.05) is 42.5 Å². The maximum absolute atomic E-state index is 3.76. The molecule has 0 spiro atoms. The first-order valence-corrected chi connectivity index (χ1v) is 8.93. The number of fused-ring (bicyclic) bond motifs is 1. The highest BCUT2D eigenvalue weighted by molar-refractivity contribution is 5.82. The molecule has 124 valence electrons. The second kappa shape index (κ2) is 7.20. The summed E-state index contributed by atoms with van der Waals surface area (Å²) in [5, 5.41) is 5.10. The molecule has 24 heavy (non-hydrogen) atoms. The van der Waals surface area contributed by atoms with E-state index in [-0.39, 0.29) is 0 Å². The summed E-state index contributed by atoms with van der Waals surface area (Å²) in [7, 11) is 0.